The van der Waals surface area contributed by atoms with Crippen LogP contribution in [-0.4, -0.2) is 25.7 Å². The normalized spacial score (nSPS) is 10.8. The van der Waals surface area contributed by atoms with Crippen LogP contribution < -0.4 is 5.32 Å². The van der Waals surface area contributed by atoms with Crippen molar-refractivity contribution in [2.24, 2.45) is 7.05 Å². The summed E-state index contributed by atoms with van der Waals surface area (Å²) >= 11 is 6.21. The van der Waals surface area contributed by atoms with Crippen LogP contribution in [0.3, 0.4) is 0 Å². The average Bonchev–Trinajstić information content (AvgIpc) is 2.84. The van der Waals surface area contributed by atoms with E-state index in [1.807, 2.05) is 19.2 Å². The molecule has 1 amide bonds. The van der Waals surface area contributed by atoms with Crippen molar-refractivity contribution in [1.82, 2.24) is 19.7 Å². The fourth-order valence-electron chi connectivity index (χ4n) is 2.25. The number of aryl methyl sites for hydroxylation is 2. The summed E-state index contributed by atoms with van der Waals surface area (Å²) in [4.78, 5) is 20.2. The second-order valence-corrected chi connectivity index (χ2v) is 5.26. The highest BCUT2D eigenvalue weighted by atomic mass is 35.5. The van der Waals surface area contributed by atoms with E-state index in [2.05, 4.69) is 20.4 Å². The minimum Gasteiger partial charge on any atom is -0.309 e. The summed E-state index contributed by atoms with van der Waals surface area (Å²) in [5.41, 5.74) is 1.65. The van der Waals surface area contributed by atoms with Crippen LogP contribution in [0, 0.1) is 0 Å². The first kappa shape index (κ1) is 14.5. The molecule has 0 aliphatic rings. The Morgan fingerprint density at radius 2 is 2.23 bits per heavy atom. The van der Waals surface area contributed by atoms with Gasteiger partial charge in [0.2, 0.25) is 5.91 Å². The van der Waals surface area contributed by atoms with Crippen LogP contribution in [0.25, 0.3) is 10.9 Å². The first-order valence-corrected chi connectivity index (χ1v) is 7.19. The van der Waals surface area contributed by atoms with Gasteiger partial charge in [-0.25, -0.2) is 0 Å². The summed E-state index contributed by atoms with van der Waals surface area (Å²) in [6.07, 6.45) is 5.70. The van der Waals surface area contributed by atoms with E-state index >= 15 is 0 Å². The van der Waals surface area contributed by atoms with Crippen LogP contribution in [0.1, 0.15) is 12.1 Å². The van der Waals surface area contributed by atoms with Gasteiger partial charge in [-0.2, -0.15) is 5.10 Å². The molecule has 0 atom stereocenters. The predicted octanol–water partition coefficient (Wildman–Crippen LogP) is 2.59. The van der Waals surface area contributed by atoms with Gasteiger partial charge < -0.3 is 5.32 Å². The molecule has 6 nitrogen and oxygen atoms in total. The number of hydrogen-bond acceptors (Lipinski definition) is 4. The molecule has 1 aromatic carbocycles. The number of carbonyl (C=O) groups excluding carboxylic acids is 1. The Bertz CT molecular complexity index is 815. The molecule has 1 N–H and O–H groups in total. The van der Waals surface area contributed by atoms with Crippen LogP contribution in [0.5, 0.6) is 0 Å². The summed E-state index contributed by atoms with van der Waals surface area (Å²) in [7, 11) is 1.81. The molecule has 3 rings (SSSR count). The number of rotatable bonds is 4. The number of fused-ring (bicyclic) bond motifs is 1. The second-order valence-electron chi connectivity index (χ2n) is 4.85. The highest BCUT2D eigenvalue weighted by Crippen LogP contribution is 2.29. The van der Waals surface area contributed by atoms with Crippen LogP contribution in [-0.2, 0) is 18.3 Å². The summed E-state index contributed by atoms with van der Waals surface area (Å²) in [5.74, 6) is 0.345. The number of carbonyl (C=O) groups is 1. The van der Waals surface area contributed by atoms with Crippen LogP contribution in [0.15, 0.2) is 36.8 Å². The van der Waals surface area contributed by atoms with Gasteiger partial charge in [0.05, 0.1) is 21.6 Å². The van der Waals surface area contributed by atoms with Gasteiger partial charge in [0.15, 0.2) is 5.82 Å². The molecule has 0 radical (unpaired) electrons. The third-order valence-electron chi connectivity index (χ3n) is 3.31. The fraction of sp³-hybridized carbons (Fsp3) is 0.200. The van der Waals surface area contributed by atoms with Crippen molar-refractivity contribution in [3.8, 4) is 0 Å². The van der Waals surface area contributed by atoms with Crippen molar-refractivity contribution in [1.29, 1.82) is 0 Å². The van der Waals surface area contributed by atoms with E-state index in [0.717, 1.165) is 16.6 Å². The summed E-state index contributed by atoms with van der Waals surface area (Å²) < 4.78 is 1.69. The lowest BCUT2D eigenvalue weighted by Gasteiger charge is -2.03. The summed E-state index contributed by atoms with van der Waals surface area (Å²) in [5, 5.41) is 8.45. The van der Waals surface area contributed by atoms with E-state index in [-0.39, 0.29) is 5.91 Å². The fourth-order valence-corrected chi connectivity index (χ4v) is 2.51. The molecular weight excluding hydrogens is 302 g/mol. The number of benzene rings is 1. The molecule has 0 spiro atoms. The Morgan fingerprint density at radius 3 is 3.00 bits per heavy atom. The number of aromatic nitrogens is 4. The van der Waals surface area contributed by atoms with Gasteiger partial charge in [-0.3, -0.25) is 19.4 Å². The number of amides is 1. The van der Waals surface area contributed by atoms with Gasteiger partial charge in [0, 0.05) is 32.1 Å². The molecule has 0 fully saturated rings. The van der Waals surface area contributed by atoms with Crippen molar-refractivity contribution in [2.75, 3.05) is 5.32 Å². The highest BCUT2D eigenvalue weighted by Gasteiger charge is 2.14. The molecule has 0 saturated heterocycles. The Labute approximate surface area is 132 Å². The van der Waals surface area contributed by atoms with Gasteiger partial charge in [0.1, 0.15) is 0 Å². The number of nitrogens with zero attached hydrogens (tertiary/aromatic N) is 4. The highest BCUT2D eigenvalue weighted by molar-refractivity contribution is 6.36. The standard InChI is InChI=1S/C15H14ClN5O/c1-21-12-4-2-3-11(16)14(12)15(20-21)19-13(22)6-5-10-9-17-7-8-18-10/h2-4,7-9H,5-6H2,1H3,(H,19,20,22). The largest absolute Gasteiger partial charge is 0.309 e. The lowest BCUT2D eigenvalue weighted by atomic mass is 10.2. The zero-order valence-corrected chi connectivity index (χ0v) is 12.7. The lowest BCUT2D eigenvalue weighted by Crippen LogP contribution is -2.13. The number of anilines is 1. The summed E-state index contributed by atoms with van der Waals surface area (Å²) in [6.45, 7) is 0. The van der Waals surface area contributed by atoms with E-state index in [4.69, 9.17) is 11.6 Å². The maximum Gasteiger partial charge on any atom is 0.225 e. The van der Waals surface area contributed by atoms with Crippen molar-refractivity contribution in [2.45, 2.75) is 12.8 Å². The van der Waals surface area contributed by atoms with Crippen LogP contribution in [0.4, 0.5) is 5.82 Å². The molecule has 112 valence electrons. The minimum atomic E-state index is -0.134. The molecule has 0 bridgehead atoms. The Kier molecular flexibility index (Phi) is 4.02. The topological polar surface area (TPSA) is 72.7 Å². The van der Waals surface area contributed by atoms with Gasteiger partial charge in [-0.1, -0.05) is 17.7 Å². The Balaban J connectivity index is 1.74. The quantitative estimate of drug-likeness (QED) is 0.803. The SMILES string of the molecule is Cn1nc(NC(=O)CCc2cnccn2)c2c(Cl)cccc21. The van der Waals surface area contributed by atoms with Gasteiger partial charge in [-0.15, -0.1) is 0 Å². The number of halogens is 1. The van der Waals surface area contributed by atoms with E-state index in [0.29, 0.717) is 23.7 Å². The number of hydrogen-bond donors (Lipinski definition) is 1. The van der Waals surface area contributed by atoms with E-state index < -0.39 is 0 Å². The smallest absolute Gasteiger partial charge is 0.225 e. The predicted molar refractivity (Wildman–Crippen MR) is 84.7 cm³/mol. The molecule has 7 heteroatoms. The molecule has 0 aliphatic heterocycles. The third kappa shape index (κ3) is 2.92. The number of nitrogens with one attached hydrogen (secondary N) is 1. The summed E-state index contributed by atoms with van der Waals surface area (Å²) in [6, 6.07) is 5.54. The van der Waals surface area contributed by atoms with Gasteiger partial charge in [0.25, 0.3) is 0 Å². The minimum absolute atomic E-state index is 0.134. The average molecular weight is 316 g/mol. The van der Waals surface area contributed by atoms with Crippen molar-refractivity contribution >= 4 is 34.2 Å². The molecule has 2 aromatic heterocycles. The van der Waals surface area contributed by atoms with E-state index in [9.17, 15) is 4.79 Å². The van der Waals surface area contributed by atoms with Crippen LogP contribution in [0.2, 0.25) is 5.02 Å². The molecule has 2 heterocycles. The van der Waals surface area contributed by atoms with Crippen LogP contribution >= 0.6 is 11.6 Å². The van der Waals surface area contributed by atoms with E-state index in [1.165, 1.54) is 0 Å². The Hall–Kier alpha value is -2.47. The first-order chi connectivity index (χ1) is 10.6. The maximum atomic E-state index is 12.1. The molecule has 3 aromatic rings. The first-order valence-electron chi connectivity index (χ1n) is 6.81. The molecular formula is C15H14ClN5O. The molecule has 22 heavy (non-hydrogen) atoms. The molecule has 0 unspecified atom stereocenters. The maximum absolute atomic E-state index is 12.1. The van der Waals surface area contributed by atoms with Gasteiger partial charge in [-0.05, 0) is 18.6 Å². The van der Waals surface area contributed by atoms with Crippen molar-refractivity contribution in [3.63, 3.8) is 0 Å². The molecule has 0 aliphatic carbocycles. The lowest BCUT2D eigenvalue weighted by molar-refractivity contribution is -0.116. The van der Waals surface area contributed by atoms with Gasteiger partial charge >= 0.3 is 0 Å². The zero-order chi connectivity index (χ0) is 15.5. The third-order valence-corrected chi connectivity index (χ3v) is 3.62. The Morgan fingerprint density at radius 1 is 1.36 bits per heavy atom. The van der Waals surface area contributed by atoms with E-state index in [1.54, 1.807) is 29.3 Å². The monoisotopic (exact) mass is 315 g/mol. The zero-order valence-electron chi connectivity index (χ0n) is 12.0. The second kappa shape index (κ2) is 6.11. The molecule has 0 saturated carbocycles. The van der Waals surface area contributed by atoms with Crippen molar-refractivity contribution in [3.05, 3.63) is 47.5 Å². The van der Waals surface area contributed by atoms with Crippen molar-refractivity contribution < 1.29 is 4.79 Å².